The summed E-state index contributed by atoms with van der Waals surface area (Å²) in [5.74, 6) is -0.0855. The molecule has 104 valence electrons. The fourth-order valence-electron chi connectivity index (χ4n) is 1.91. The van der Waals surface area contributed by atoms with E-state index in [0.717, 1.165) is 15.7 Å². The van der Waals surface area contributed by atoms with Gasteiger partial charge in [0.05, 0.1) is 12.2 Å². The maximum absolute atomic E-state index is 11.4. The molecule has 4 heteroatoms. The molecule has 0 bridgehead atoms. The Bertz CT molecular complexity index is 596. The Hall–Kier alpha value is -1.81. The molecule has 0 aliphatic heterocycles. The molecule has 1 N–H and O–H groups in total. The number of hydrogen-bond donors (Lipinski definition) is 1. The number of nitrogens with one attached hydrogen (secondary N) is 1. The van der Waals surface area contributed by atoms with E-state index in [4.69, 9.17) is 0 Å². The van der Waals surface area contributed by atoms with Crippen molar-refractivity contribution in [1.29, 1.82) is 0 Å². The first-order valence-corrected chi connectivity index (χ1v) is 7.20. The Morgan fingerprint density at radius 2 is 1.80 bits per heavy atom. The molecule has 0 spiro atoms. The fraction of sp³-hybridized carbons (Fsp3) is 0.188. The average Bonchev–Trinajstić information content (AvgIpc) is 2.41. The topological polar surface area (TPSA) is 32.3 Å². The highest BCUT2D eigenvalue weighted by Gasteiger charge is 2.10. The second-order valence-corrected chi connectivity index (χ2v) is 5.54. The zero-order valence-electron chi connectivity index (χ0n) is 11.6. The number of benzene rings is 2. The van der Waals surface area contributed by atoms with E-state index in [-0.39, 0.29) is 5.91 Å². The number of hydrazine groups is 1. The summed E-state index contributed by atoms with van der Waals surface area (Å²) in [6.07, 6.45) is 0. The van der Waals surface area contributed by atoms with E-state index in [2.05, 4.69) is 21.4 Å². The van der Waals surface area contributed by atoms with Gasteiger partial charge in [0.15, 0.2) is 0 Å². The molecule has 2 aromatic carbocycles. The van der Waals surface area contributed by atoms with Crippen LogP contribution in [-0.4, -0.2) is 5.91 Å². The second kappa shape index (κ2) is 6.57. The number of carbonyl (C=O) groups excluding carboxylic acids is 1. The number of nitrogens with zero attached hydrogens (tertiary/aromatic N) is 1. The summed E-state index contributed by atoms with van der Waals surface area (Å²) in [6, 6.07) is 16.1. The van der Waals surface area contributed by atoms with Crippen molar-refractivity contribution < 1.29 is 4.79 Å². The molecule has 2 aromatic rings. The SMILES string of the molecule is CC(=O)NN(Cc1ccccc1Br)c1ccc(C)cc1. The van der Waals surface area contributed by atoms with E-state index in [1.54, 1.807) is 0 Å². The predicted molar refractivity (Wildman–Crippen MR) is 85.3 cm³/mol. The summed E-state index contributed by atoms with van der Waals surface area (Å²) in [4.78, 5) is 11.4. The van der Waals surface area contributed by atoms with Crippen molar-refractivity contribution in [2.24, 2.45) is 0 Å². The van der Waals surface area contributed by atoms with Gasteiger partial charge in [-0.3, -0.25) is 15.2 Å². The van der Waals surface area contributed by atoms with E-state index >= 15 is 0 Å². The van der Waals surface area contributed by atoms with Crippen molar-refractivity contribution >= 4 is 27.5 Å². The predicted octanol–water partition coefficient (Wildman–Crippen LogP) is 3.82. The molecule has 0 aliphatic carbocycles. The number of halogens is 1. The Morgan fingerprint density at radius 3 is 2.40 bits per heavy atom. The first kappa shape index (κ1) is 14.6. The molecule has 0 aromatic heterocycles. The first-order valence-electron chi connectivity index (χ1n) is 6.41. The zero-order valence-corrected chi connectivity index (χ0v) is 13.1. The largest absolute Gasteiger partial charge is 0.281 e. The number of rotatable bonds is 4. The lowest BCUT2D eigenvalue weighted by atomic mass is 10.2. The second-order valence-electron chi connectivity index (χ2n) is 4.68. The maximum atomic E-state index is 11.4. The van der Waals surface area contributed by atoms with Gasteiger partial charge in [-0.05, 0) is 30.7 Å². The lowest BCUT2D eigenvalue weighted by molar-refractivity contribution is -0.119. The standard InChI is InChI=1S/C16H17BrN2O/c1-12-7-9-15(10-8-12)19(18-13(2)20)11-14-5-3-4-6-16(14)17/h3-10H,11H2,1-2H3,(H,18,20). The van der Waals surface area contributed by atoms with Crippen LogP contribution >= 0.6 is 15.9 Å². The summed E-state index contributed by atoms with van der Waals surface area (Å²) in [5.41, 5.74) is 6.13. The van der Waals surface area contributed by atoms with Crippen molar-refractivity contribution in [3.05, 3.63) is 64.1 Å². The van der Waals surface area contributed by atoms with E-state index in [9.17, 15) is 4.79 Å². The van der Waals surface area contributed by atoms with Gasteiger partial charge in [-0.1, -0.05) is 51.8 Å². The van der Waals surface area contributed by atoms with Crippen LogP contribution in [0.15, 0.2) is 53.0 Å². The molecule has 3 nitrogen and oxygen atoms in total. The number of anilines is 1. The number of aryl methyl sites for hydroxylation is 1. The van der Waals surface area contributed by atoms with E-state index in [1.807, 2.05) is 60.5 Å². The molecule has 20 heavy (non-hydrogen) atoms. The highest BCUT2D eigenvalue weighted by atomic mass is 79.9. The van der Waals surface area contributed by atoms with E-state index in [0.29, 0.717) is 6.54 Å². The minimum absolute atomic E-state index is 0.0855. The van der Waals surface area contributed by atoms with Crippen molar-refractivity contribution in [2.75, 3.05) is 5.01 Å². The molecule has 2 rings (SSSR count). The van der Waals surface area contributed by atoms with Crippen LogP contribution in [0.3, 0.4) is 0 Å². The van der Waals surface area contributed by atoms with Crippen LogP contribution in [0.4, 0.5) is 5.69 Å². The molecular weight excluding hydrogens is 316 g/mol. The summed E-state index contributed by atoms with van der Waals surface area (Å²) in [6.45, 7) is 4.16. The smallest absolute Gasteiger partial charge is 0.235 e. The Kier molecular flexibility index (Phi) is 4.79. The van der Waals surface area contributed by atoms with Crippen molar-refractivity contribution in [1.82, 2.24) is 5.43 Å². The minimum atomic E-state index is -0.0855. The summed E-state index contributed by atoms with van der Waals surface area (Å²) in [5, 5.41) is 1.85. The molecule has 0 saturated carbocycles. The monoisotopic (exact) mass is 332 g/mol. The molecule has 1 amide bonds. The van der Waals surface area contributed by atoms with Crippen LogP contribution in [0.25, 0.3) is 0 Å². The van der Waals surface area contributed by atoms with Crippen molar-refractivity contribution in [3.63, 3.8) is 0 Å². The molecule has 0 heterocycles. The zero-order chi connectivity index (χ0) is 14.5. The lowest BCUT2D eigenvalue weighted by Crippen LogP contribution is -2.40. The summed E-state index contributed by atoms with van der Waals surface area (Å²) >= 11 is 3.54. The van der Waals surface area contributed by atoms with Gasteiger partial charge >= 0.3 is 0 Å². The molecule has 0 unspecified atom stereocenters. The van der Waals surface area contributed by atoms with Gasteiger partial charge < -0.3 is 0 Å². The normalized spacial score (nSPS) is 10.2. The van der Waals surface area contributed by atoms with Gasteiger partial charge in [0.1, 0.15) is 0 Å². The van der Waals surface area contributed by atoms with Crippen molar-refractivity contribution in [3.8, 4) is 0 Å². The van der Waals surface area contributed by atoms with Crippen LogP contribution in [0.5, 0.6) is 0 Å². The molecule has 0 atom stereocenters. The maximum Gasteiger partial charge on any atom is 0.235 e. The minimum Gasteiger partial charge on any atom is -0.281 e. The highest BCUT2D eigenvalue weighted by Crippen LogP contribution is 2.21. The molecule has 0 aliphatic rings. The number of amides is 1. The van der Waals surface area contributed by atoms with Gasteiger partial charge in [0.2, 0.25) is 5.91 Å². The molecule has 0 fully saturated rings. The molecule has 0 saturated heterocycles. The van der Waals surface area contributed by atoms with Crippen LogP contribution in [0, 0.1) is 6.92 Å². The Morgan fingerprint density at radius 1 is 1.15 bits per heavy atom. The Labute approximate surface area is 127 Å². The van der Waals surface area contributed by atoms with Gasteiger partial charge in [-0.2, -0.15) is 0 Å². The lowest BCUT2D eigenvalue weighted by Gasteiger charge is -2.25. The van der Waals surface area contributed by atoms with Gasteiger partial charge in [0.25, 0.3) is 0 Å². The third kappa shape index (κ3) is 3.84. The van der Waals surface area contributed by atoms with Gasteiger partial charge in [0, 0.05) is 11.4 Å². The number of hydrogen-bond acceptors (Lipinski definition) is 2. The van der Waals surface area contributed by atoms with E-state index in [1.165, 1.54) is 12.5 Å². The Balaban J connectivity index is 2.26. The van der Waals surface area contributed by atoms with Gasteiger partial charge in [-0.15, -0.1) is 0 Å². The molecular formula is C16H17BrN2O. The van der Waals surface area contributed by atoms with Crippen molar-refractivity contribution in [2.45, 2.75) is 20.4 Å². The van der Waals surface area contributed by atoms with Gasteiger partial charge in [-0.25, -0.2) is 0 Å². The summed E-state index contributed by atoms with van der Waals surface area (Å²) < 4.78 is 1.03. The first-order chi connectivity index (χ1) is 9.56. The third-order valence-electron chi connectivity index (χ3n) is 2.92. The van der Waals surface area contributed by atoms with Crippen LogP contribution in [0.2, 0.25) is 0 Å². The quantitative estimate of drug-likeness (QED) is 0.863. The third-order valence-corrected chi connectivity index (χ3v) is 3.70. The molecule has 0 radical (unpaired) electrons. The van der Waals surface area contributed by atoms with E-state index < -0.39 is 0 Å². The van der Waals surface area contributed by atoms with Crippen LogP contribution in [-0.2, 0) is 11.3 Å². The average molecular weight is 333 g/mol. The number of carbonyl (C=O) groups is 1. The summed E-state index contributed by atoms with van der Waals surface area (Å²) in [7, 11) is 0. The van der Waals surface area contributed by atoms with Crippen LogP contribution < -0.4 is 10.4 Å². The highest BCUT2D eigenvalue weighted by molar-refractivity contribution is 9.10. The van der Waals surface area contributed by atoms with Crippen LogP contribution in [0.1, 0.15) is 18.1 Å². The fourth-order valence-corrected chi connectivity index (χ4v) is 2.32.